The second kappa shape index (κ2) is 7.63. The minimum atomic E-state index is -1.15. The summed E-state index contributed by atoms with van der Waals surface area (Å²) < 4.78 is 0. The molecule has 1 atom stereocenters. The summed E-state index contributed by atoms with van der Waals surface area (Å²) in [5, 5.41) is 16.4. The number of aliphatic carboxylic acids is 1. The van der Waals surface area contributed by atoms with E-state index in [1.807, 2.05) is 42.5 Å². The number of hydrogen-bond acceptors (Lipinski definition) is 3. The molecule has 1 heterocycles. The Morgan fingerprint density at radius 3 is 2.48 bits per heavy atom. The van der Waals surface area contributed by atoms with Crippen molar-refractivity contribution in [1.29, 1.82) is 0 Å². The molecule has 0 aliphatic carbocycles. The van der Waals surface area contributed by atoms with Crippen LogP contribution in [0.2, 0.25) is 0 Å². The standard InChI is InChI=1S/C19H23N3O3/c1-21-9-11-22(12-10-21)17(19(24)25)13-18(23)20-16-8-4-6-14-5-2-3-7-15(14)16/h2-8,17H,9-13H2,1H3,(H,20,23)(H,24,25)/p+1/t17-/m1/s1. The molecule has 1 fully saturated rings. The molecule has 0 radical (unpaired) electrons. The molecule has 0 saturated carbocycles. The van der Waals surface area contributed by atoms with Gasteiger partial charge in [-0.3, -0.25) is 4.79 Å². The van der Waals surface area contributed by atoms with Crippen molar-refractivity contribution >= 4 is 28.3 Å². The lowest BCUT2D eigenvalue weighted by molar-refractivity contribution is -1.01. The largest absolute Gasteiger partial charge is 0.544 e. The Morgan fingerprint density at radius 1 is 1.08 bits per heavy atom. The number of benzene rings is 2. The van der Waals surface area contributed by atoms with Crippen LogP contribution in [-0.2, 0) is 9.59 Å². The van der Waals surface area contributed by atoms with Crippen LogP contribution in [0.25, 0.3) is 10.8 Å². The zero-order valence-electron chi connectivity index (χ0n) is 14.4. The molecule has 3 N–H and O–H groups in total. The fourth-order valence-electron chi connectivity index (χ4n) is 3.46. The van der Waals surface area contributed by atoms with Gasteiger partial charge in [-0.05, 0) is 11.5 Å². The van der Waals surface area contributed by atoms with Crippen LogP contribution in [0.5, 0.6) is 0 Å². The molecular formula is C19H24N3O3+. The summed E-state index contributed by atoms with van der Waals surface area (Å²) in [4.78, 5) is 26.3. The second-order valence-corrected chi connectivity index (χ2v) is 6.77. The monoisotopic (exact) mass is 342 g/mol. The van der Waals surface area contributed by atoms with Gasteiger partial charge in [0, 0.05) is 11.1 Å². The van der Waals surface area contributed by atoms with Gasteiger partial charge in [0.1, 0.15) is 32.2 Å². The van der Waals surface area contributed by atoms with Gasteiger partial charge in [-0.25, -0.2) is 0 Å². The fourth-order valence-corrected chi connectivity index (χ4v) is 3.46. The number of fused-ring (bicyclic) bond motifs is 1. The summed E-state index contributed by atoms with van der Waals surface area (Å²) in [7, 11) is 2.10. The lowest BCUT2D eigenvalue weighted by Crippen LogP contribution is -3.29. The van der Waals surface area contributed by atoms with Crippen LogP contribution in [0.15, 0.2) is 42.5 Å². The molecule has 25 heavy (non-hydrogen) atoms. The van der Waals surface area contributed by atoms with Gasteiger partial charge in [-0.1, -0.05) is 36.4 Å². The predicted octanol–water partition coefficient (Wildman–Crippen LogP) is -2.30. The highest BCUT2D eigenvalue weighted by Gasteiger charge is 2.30. The minimum Gasteiger partial charge on any atom is -0.544 e. The molecule has 6 nitrogen and oxygen atoms in total. The van der Waals surface area contributed by atoms with Crippen LogP contribution in [0.3, 0.4) is 0 Å². The van der Waals surface area contributed by atoms with E-state index >= 15 is 0 Å². The zero-order chi connectivity index (χ0) is 17.8. The van der Waals surface area contributed by atoms with E-state index in [1.54, 1.807) is 0 Å². The molecule has 0 bridgehead atoms. The van der Waals surface area contributed by atoms with E-state index in [1.165, 1.54) is 4.90 Å². The van der Waals surface area contributed by atoms with Crippen molar-refractivity contribution in [2.75, 3.05) is 38.5 Å². The van der Waals surface area contributed by atoms with Crippen molar-refractivity contribution in [2.24, 2.45) is 0 Å². The first-order chi connectivity index (χ1) is 12.0. The van der Waals surface area contributed by atoms with Gasteiger partial charge in [0.2, 0.25) is 5.91 Å². The molecular weight excluding hydrogens is 318 g/mol. The van der Waals surface area contributed by atoms with Crippen molar-refractivity contribution in [3.05, 3.63) is 42.5 Å². The number of carboxylic acid groups (broad SMARTS) is 1. The topological polar surface area (TPSA) is 78.1 Å². The molecule has 1 aliphatic rings. The first-order valence-corrected chi connectivity index (χ1v) is 8.69. The van der Waals surface area contributed by atoms with Crippen molar-refractivity contribution in [2.45, 2.75) is 12.5 Å². The second-order valence-electron chi connectivity index (χ2n) is 6.77. The summed E-state index contributed by atoms with van der Waals surface area (Å²) in [6.45, 7) is 3.30. The SMILES string of the molecule is C[NH+]1CC[NH+]([C@H](CC(=O)Nc2cccc3ccccc23)C(=O)[O-])CC1. The summed E-state index contributed by atoms with van der Waals surface area (Å²) in [6.07, 6.45) is -0.0695. The number of quaternary nitrogens is 2. The molecule has 1 amide bonds. The van der Waals surface area contributed by atoms with E-state index < -0.39 is 12.0 Å². The molecule has 0 unspecified atom stereocenters. The van der Waals surface area contributed by atoms with Crippen LogP contribution in [0.1, 0.15) is 6.42 Å². The maximum Gasteiger partial charge on any atom is 0.230 e. The van der Waals surface area contributed by atoms with Gasteiger partial charge in [-0.15, -0.1) is 0 Å². The number of likely N-dealkylation sites (N-methyl/N-ethyl adjacent to an activating group) is 1. The van der Waals surface area contributed by atoms with E-state index in [-0.39, 0.29) is 12.3 Å². The number of carbonyl (C=O) groups is 2. The maximum atomic E-state index is 12.5. The number of piperazine rings is 1. The summed E-state index contributed by atoms with van der Waals surface area (Å²) in [5.41, 5.74) is 0.706. The lowest BCUT2D eigenvalue weighted by Gasteiger charge is -2.33. The quantitative estimate of drug-likeness (QED) is 0.572. The Labute approximate surface area is 147 Å². The zero-order valence-corrected chi connectivity index (χ0v) is 14.4. The van der Waals surface area contributed by atoms with Crippen molar-refractivity contribution in [3.8, 4) is 0 Å². The fraction of sp³-hybridized carbons (Fsp3) is 0.368. The van der Waals surface area contributed by atoms with Crippen LogP contribution in [-0.4, -0.2) is 51.1 Å². The number of rotatable bonds is 5. The summed E-state index contributed by atoms with van der Waals surface area (Å²) >= 11 is 0. The number of anilines is 1. The molecule has 1 saturated heterocycles. The number of amides is 1. The van der Waals surface area contributed by atoms with E-state index in [0.717, 1.165) is 41.9 Å². The number of hydrogen-bond donors (Lipinski definition) is 3. The van der Waals surface area contributed by atoms with E-state index in [4.69, 9.17) is 0 Å². The molecule has 6 heteroatoms. The highest BCUT2D eigenvalue weighted by molar-refractivity contribution is 6.02. The van der Waals surface area contributed by atoms with Crippen LogP contribution in [0.4, 0.5) is 5.69 Å². The Hall–Kier alpha value is -2.44. The van der Waals surface area contributed by atoms with Gasteiger partial charge in [-0.2, -0.15) is 0 Å². The molecule has 3 rings (SSSR count). The van der Waals surface area contributed by atoms with Crippen molar-refractivity contribution in [3.63, 3.8) is 0 Å². The third kappa shape index (κ3) is 4.15. The van der Waals surface area contributed by atoms with E-state index in [9.17, 15) is 14.7 Å². The molecule has 132 valence electrons. The Morgan fingerprint density at radius 2 is 1.76 bits per heavy atom. The molecule has 0 aromatic heterocycles. The predicted molar refractivity (Wildman–Crippen MR) is 93.3 cm³/mol. The Balaban J connectivity index is 1.70. The highest BCUT2D eigenvalue weighted by Crippen LogP contribution is 2.23. The smallest absolute Gasteiger partial charge is 0.230 e. The number of carboxylic acids is 1. The molecule has 1 aliphatic heterocycles. The molecule has 2 aromatic rings. The van der Waals surface area contributed by atoms with Crippen molar-refractivity contribution < 1.29 is 24.5 Å². The number of nitrogens with one attached hydrogen (secondary N) is 3. The third-order valence-corrected chi connectivity index (χ3v) is 4.98. The van der Waals surface area contributed by atoms with E-state index in [0.29, 0.717) is 5.69 Å². The van der Waals surface area contributed by atoms with Gasteiger partial charge in [0.25, 0.3) is 0 Å². The van der Waals surface area contributed by atoms with Crippen LogP contribution in [0, 0.1) is 0 Å². The minimum absolute atomic E-state index is 0.0695. The average molecular weight is 342 g/mol. The normalized spacial score (nSPS) is 21.6. The lowest BCUT2D eigenvalue weighted by atomic mass is 10.1. The van der Waals surface area contributed by atoms with Gasteiger partial charge in [0.05, 0.1) is 19.4 Å². The average Bonchev–Trinajstić information content (AvgIpc) is 2.61. The van der Waals surface area contributed by atoms with Gasteiger partial charge in [0.15, 0.2) is 0 Å². The van der Waals surface area contributed by atoms with E-state index in [2.05, 4.69) is 12.4 Å². The summed E-state index contributed by atoms with van der Waals surface area (Å²) in [5.74, 6) is -1.44. The van der Waals surface area contributed by atoms with Crippen LogP contribution < -0.4 is 20.2 Å². The van der Waals surface area contributed by atoms with Crippen LogP contribution >= 0.6 is 0 Å². The first-order valence-electron chi connectivity index (χ1n) is 8.69. The van der Waals surface area contributed by atoms with Crippen molar-refractivity contribution in [1.82, 2.24) is 0 Å². The highest BCUT2D eigenvalue weighted by atomic mass is 16.4. The third-order valence-electron chi connectivity index (χ3n) is 4.98. The molecule has 2 aromatic carbocycles. The summed E-state index contributed by atoms with van der Waals surface area (Å²) in [6, 6.07) is 12.7. The Bertz CT molecular complexity index is 764. The van der Waals surface area contributed by atoms with Gasteiger partial charge >= 0.3 is 0 Å². The van der Waals surface area contributed by atoms with Gasteiger partial charge < -0.3 is 25.0 Å². The molecule has 0 spiro atoms. The first kappa shape index (κ1) is 17.4. The maximum absolute atomic E-state index is 12.5. The number of carbonyl (C=O) groups excluding carboxylic acids is 2. The Kier molecular flexibility index (Phi) is 5.31.